The molecule has 1 atom stereocenters. The van der Waals surface area contributed by atoms with Gasteiger partial charge in [-0.25, -0.2) is 0 Å². The lowest BCUT2D eigenvalue weighted by Gasteiger charge is -2.44. The van der Waals surface area contributed by atoms with Gasteiger partial charge in [0.25, 0.3) is 0 Å². The van der Waals surface area contributed by atoms with Crippen LogP contribution in [-0.2, 0) is 0 Å². The van der Waals surface area contributed by atoms with Crippen LogP contribution in [0, 0.1) is 5.41 Å². The first kappa shape index (κ1) is 11.0. The van der Waals surface area contributed by atoms with E-state index in [9.17, 15) is 5.11 Å². The highest BCUT2D eigenvalue weighted by molar-refractivity contribution is 5.01. The average molecular weight is 186 g/mol. The number of rotatable bonds is 4. The van der Waals surface area contributed by atoms with Crippen molar-refractivity contribution in [2.24, 2.45) is 11.1 Å². The molecule has 0 saturated carbocycles. The van der Waals surface area contributed by atoms with Gasteiger partial charge in [0.1, 0.15) is 5.60 Å². The summed E-state index contributed by atoms with van der Waals surface area (Å²) in [5.41, 5.74) is 5.58. The second-order valence-electron chi connectivity index (χ2n) is 5.04. The summed E-state index contributed by atoms with van der Waals surface area (Å²) in [7, 11) is 0. The Hall–Kier alpha value is -0.120. The highest BCUT2D eigenvalue weighted by Gasteiger charge is 2.41. The molecule has 1 fully saturated rings. The van der Waals surface area contributed by atoms with Crippen LogP contribution in [-0.4, -0.2) is 29.8 Å². The van der Waals surface area contributed by atoms with Gasteiger partial charge in [-0.15, -0.1) is 0 Å². The third kappa shape index (κ3) is 2.42. The smallest absolute Gasteiger partial charge is 0.104 e. The molecule has 1 rings (SSSR count). The molecule has 0 aromatic heterocycles. The van der Waals surface area contributed by atoms with Gasteiger partial charge in [0.05, 0.1) is 0 Å². The maximum atomic E-state index is 9.95. The molecule has 13 heavy (non-hydrogen) atoms. The van der Waals surface area contributed by atoms with E-state index in [0.29, 0.717) is 13.1 Å². The molecule has 0 aromatic rings. The lowest BCUT2D eigenvalue weighted by Crippen LogP contribution is -2.68. The minimum Gasteiger partial charge on any atom is -0.386 e. The molecule has 1 aliphatic rings. The number of β-amino-alcohol motifs (C(OH)–C–C–N with tert-alkyl or cyclic N) is 1. The summed E-state index contributed by atoms with van der Waals surface area (Å²) < 4.78 is 0. The van der Waals surface area contributed by atoms with Gasteiger partial charge in [0.2, 0.25) is 0 Å². The minimum atomic E-state index is -0.646. The molecule has 0 bridgehead atoms. The molecule has 3 heteroatoms. The third-order valence-electron chi connectivity index (χ3n) is 3.28. The Balaban J connectivity index is 2.44. The van der Waals surface area contributed by atoms with Crippen LogP contribution in [0.5, 0.6) is 0 Å². The summed E-state index contributed by atoms with van der Waals surface area (Å²) in [5.74, 6) is 0. The molecular formula is C10H22N2O. The Morgan fingerprint density at radius 3 is 2.38 bits per heavy atom. The van der Waals surface area contributed by atoms with E-state index in [4.69, 9.17) is 5.73 Å². The highest BCUT2D eigenvalue weighted by Crippen LogP contribution is 2.30. The Morgan fingerprint density at radius 2 is 2.08 bits per heavy atom. The van der Waals surface area contributed by atoms with Gasteiger partial charge in [0.15, 0.2) is 0 Å². The number of nitrogens with one attached hydrogen (secondary N) is 1. The van der Waals surface area contributed by atoms with Crippen molar-refractivity contribution in [3.8, 4) is 0 Å². The summed E-state index contributed by atoms with van der Waals surface area (Å²) in [4.78, 5) is 0. The maximum Gasteiger partial charge on any atom is 0.104 e. The molecule has 3 nitrogen and oxygen atoms in total. The van der Waals surface area contributed by atoms with E-state index in [0.717, 1.165) is 12.8 Å². The third-order valence-corrected chi connectivity index (χ3v) is 3.28. The molecule has 4 N–H and O–H groups in total. The fourth-order valence-electron chi connectivity index (χ4n) is 1.57. The van der Waals surface area contributed by atoms with Crippen LogP contribution in [0.2, 0.25) is 0 Å². The van der Waals surface area contributed by atoms with Crippen molar-refractivity contribution < 1.29 is 5.11 Å². The molecule has 0 aromatic carbocycles. The van der Waals surface area contributed by atoms with Gasteiger partial charge >= 0.3 is 0 Å². The van der Waals surface area contributed by atoms with E-state index in [-0.39, 0.29) is 11.5 Å². The molecular weight excluding hydrogens is 164 g/mol. The second-order valence-corrected chi connectivity index (χ2v) is 5.04. The van der Waals surface area contributed by atoms with Crippen LogP contribution in [0.4, 0.5) is 0 Å². The predicted octanol–water partition coefficient (Wildman–Crippen LogP) is 0.474. The summed E-state index contributed by atoms with van der Waals surface area (Å²) in [6, 6.07) is -0.0938. The van der Waals surface area contributed by atoms with E-state index in [1.54, 1.807) is 0 Å². The lowest BCUT2D eigenvalue weighted by molar-refractivity contribution is -0.0427. The minimum absolute atomic E-state index is 0.0938. The van der Waals surface area contributed by atoms with Crippen molar-refractivity contribution in [3.63, 3.8) is 0 Å². The molecule has 1 saturated heterocycles. The molecule has 1 unspecified atom stereocenters. The van der Waals surface area contributed by atoms with Crippen molar-refractivity contribution in [1.29, 1.82) is 0 Å². The Morgan fingerprint density at radius 1 is 1.54 bits per heavy atom. The highest BCUT2D eigenvalue weighted by atomic mass is 16.3. The lowest BCUT2D eigenvalue weighted by atomic mass is 9.76. The van der Waals surface area contributed by atoms with Gasteiger partial charge in [-0.2, -0.15) is 0 Å². The van der Waals surface area contributed by atoms with Gasteiger partial charge in [-0.05, 0) is 11.8 Å². The monoisotopic (exact) mass is 186 g/mol. The zero-order valence-electron chi connectivity index (χ0n) is 8.93. The Bertz CT molecular complexity index is 176. The fourth-order valence-corrected chi connectivity index (χ4v) is 1.57. The largest absolute Gasteiger partial charge is 0.386 e. The van der Waals surface area contributed by atoms with Crippen molar-refractivity contribution in [1.82, 2.24) is 5.32 Å². The van der Waals surface area contributed by atoms with Crippen LogP contribution < -0.4 is 11.1 Å². The van der Waals surface area contributed by atoms with Gasteiger partial charge in [-0.1, -0.05) is 27.2 Å². The van der Waals surface area contributed by atoms with Gasteiger partial charge in [-0.3, -0.25) is 0 Å². The average Bonchev–Trinajstić information content (AvgIpc) is 1.99. The van der Waals surface area contributed by atoms with Crippen molar-refractivity contribution in [2.75, 3.05) is 13.1 Å². The maximum absolute atomic E-state index is 9.95. The predicted molar refractivity (Wildman–Crippen MR) is 54.5 cm³/mol. The molecule has 0 amide bonds. The van der Waals surface area contributed by atoms with Crippen LogP contribution in [0.25, 0.3) is 0 Å². The SMILES string of the molecule is CCC(C)(C)CC(N)C1(O)CNC1. The number of aliphatic hydroxyl groups is 1. The summed E-state index contributed by atoms with van der Waals surface area (Å²) in [5, 5.41) is 13.0. The Kier molecular flexibility index (Phi) is 3.00. The Labute approximate surface area is 80.7 Å². The van der Waals surface area contributed by atoms with E-state index in [2.05, 4.69) is 26.1 Å². The summed E-state index contributed by atoms with van der Waals surface area (Å²) in [6.45, 7) is 7.85. The van der Waals surface area contributed by atoms with Crippen LogP contribution in [0.1, 0.15) is 33.6 Å². The molecule has 0 spiro atoms. The second kappa shape index (κ2) is 3.56. The molecule has 1 heterocycles. The van der Waals surface area contributed by atoms with Gasteiger partial charge in [0, 0.05) is 19.1 Å². The quantitative estimate of drug-likeness (QED) is 0.598. The topological polar surface area (TPSA) is 58.3 Å². The van der Waals surface area contributed by atoms with E-state index in [1.807, 2.05) is 0 Å². The first-order valence-corrected chi connectivity index (χ1v) is 5.08. The van der Waals surface area contributed by atoms with E-state index >= 15 is 0 Å². The summed E-state index contributed by atoms with van der Waals surface area (Å²) in [6.07, 6.45) is 1.99. The number of hydrogen-bond acceptors (Lipinski definition) is 3. The number of hydrogen-bond donors (Lipinski definition) is 3. The summed E-state index contributed by atoms with van der Waals surface area (Å²) >= 11 is 0. The number of nitrogens with two attached hydrogens (primary N) is 1. The fraction of sp³-hybridized carbons (Fsp3) is 1.00. The van der Waals surface area contributed by atoms with Crippen LogP contribution in [0.15, 0.2) is 0 Å². The van der Waals surface area contributed by atoms with Gasteiger partial charge < -0.3 is 16.2 Å². The van der Waals surface area contributed by atoms with Crippen molar-refractivity contribution in [2.45, 2.75) is 45.3 Å². The van der Waals surface area contributed by atoms with E-state index in [1.165, 1.54) is 0 Å². The first-order valence-electron chi connectivity index (χ1n) is 5.08. The molecule has 0 radical (unpaired) electrons. The molecule has 1 aliphatic heterocycles. The van der Waals surface area contributed by atoms with E-state index < -0.39 is 5.60 Å². The first-order chi connectivity index (χ1) is 5.90. The standard InChI is InChI=1S/C10H22N2O/c1-4-9(2,3)5-8(11)10(13)6-12-7-10/h8,12-13H,4-7,11H2,1-3H3. The molecule has 0 aliphatic carbocycles. The molecule has 78 valence electrons. The zero-order valence-corrected chi connectivity index (χ0v) is 8.93. The zero-order chi connectivity index (χ0) is 10.1. The van der Waals surface area contributed by atoms with Crippen LogP contribution in [0.3, 0.4) is 0 Å². The van der Waals surface area contributed by atoms with Crippen LogP contribution >= 0.6 is 0 Å². The normalized spacial score (nSPS) is 23.8. The van der Waals surface area contributed by atoms with Crippen molar-refractivity contribution in [3.05, 3.63) is 0 Å². The van der Waals surface area contributed by atoms with Crippen molar-refractivity contribution >= 4 is 0 Å².